The van der Waals surface area contributed by atoms with Gasteiger partial charge in [0.2, 0.25) is 0 Å². The number of nitriles is 1. The molecule has 0 aliphatic carbocycles. The van der Waals surface area contributed by atoms with E-state index in [1.165, 1.54) is 5.56 Å². The number of aromatic nitrogens is 1. The lowest BCUT2D eigenvalue weighted by Crippen LogP contribution is -2.24. The van der Waals surface area contributed by atoms with Gasteiger partial charge in [-0.1, -0.05) is 48.5 Å². The van der Waals surface area contributed by atoms with Crippen molar-refractivity contribution in [3.8, 4) is 17.6 Å². The van der Waals surface area contributed by atoms with Crippen LogP contribution in [0, 0.1) is 11.3 Å². The molecule has 1 N–H and O–H groups in total. The minimum absolute atomic E-state index is 0.0371. The zero-order valence-corrected chi connectivity index (χ0v) is 19.1. The first-order valence-electron chi connectivity index (χ1n) is 10.9. The highest BCUT2D eigenvalue weighted by Gasteiger charge is 2.14. The Bertz CT molecular complexity index is 1380. The van der Waals surface area contributed by atoms with E-state index in [-0.39, 0.29) is 12.1 Å². The maximum atomic E-state index is 12.8. The average Bonchev–Trinajstić information content (AvgIpc) is 3.23. The Morgan fingerprint density at radius 3 is 2.53 bits per heavy atom. The van der Waals surface area contributed by atoms with Gasteiger partial charge in [0.1, 0.15) is 23.1 Å². The molecule has 0 fully saturated rings. The van der Waals surface area contributed by atoms with Crippen LogP contribution in [0.25, 0.3) is 17.0 Å². The summed E-state index contributed by atoms with van der Waals surface area (Å²) in [7, 11) is 3.14. The molecule has 0 radical (unpaired) electrons. The van der Waals surface area contributed by atoms with Crippen LogP contribution in [-0.4, -0.2) is 24.7 Å². The fourth-order valence-electron chi connectivity index (χ4n) is 3.87. The molecule has 0 unspecified atom stereocenters. The molecule has 0 saturated heterocycles. The lowest BCUT2D eigenvalue weighted by Gasteiger charge is -2.11. The van der Waals surface area contributed by atoms with Gasteiger partial charge in [0.25, 0.3) is 5.91 Å². The topological polar surface area (TPSA) is 76.3 Å². The Morgan fingerprint density at radius 2 is 1.79 bits per heavy atom. The van der Waals surface area contributed by atoms with Gasteiger partial charge in [-0.15, -0.1) is 0 Å². The molecule has 34 heavy (non-hydrogen) atoms. The predicted molar refractivity (Wildman–Crippen MR) is 132 cm³/mol. The van der Waals surface area contributed by atoms with Crippen molar-refractivity contribution in [2.24, 2.45) is 0 Å². The van der Waals surface area contributed by atoms with E-state index in [1.54, 1.807) is 32.4 Å². The largest absolute Gasteiger partial charge is 0.497 e. The molecule has 0 saturated carbocycles. The molecule has 3 aromatic carbocycles. The quantitative estimate of drug-likeness (QED) is 0.304. The Balaban J connectivity index is 1.58. The summed E-state index contributed by atoms with van der Waals surface area (Å²) < 4.78 is 12.7. The molecule has 0 bridgehead atoms. The summed E-state index contributed by atoms with van der Waals surface area (Å²) in [5.74, 6) is 0.822. The van der Waals surface area contributed by atoms with Crippen LogP contribution in [0.4, 0.5) is 0 Å². The molecule has 1 heterocycles. The third kappa shape index (κ3) is 4.94. The van der Waals surface area contributed by atoms with Gasteiger partial charge in [-0.3, -0.25) is 4.79 Å². The Morgan fingerprint density at radius 1 is 1.03 bits per heavy atom. The van der Waals surface area contributed by atoms with Crippen molar-refractivity contribution in [3.63, 3.8) is 0 Å². The first-order valence-corrected chi connectivity index (χ1v) is 10.9. The standard InChI is InChI=1S/C28H25N3O3/c1-33-24-13-12-21(27(15-24)34-2)17-30-28(32)22(16-29)14-23-19-31(18-20-8-4-3-5-9-20)26-11-7-6-10-25(23)26/h3-15,19H,17-18H2,1-2H3,(H,30,32)/b22-14+. The highest BCUT2D eigenvalue weighted by Crippen LogP contribution is 2.26. The molecule has 1 amide bonds. The van der Waals surface area contributed by atoms with Crippen LogP contribution in [0.5, 0.6) is 11.5 Å². The fraction of sp³-hybridized carbons (Fsp3) is 0.143. The number of benzene rings is 3. The molecule has 6 nitrogen and oxygen atoms in total. The molecular formula is C28H25N3O3. The molecule has 0 atom stereocenters. The molecule has 170 valence electrons. The molecule has 1 aromatic heterocycles. The number of nitrogens with one attached hydrogen (secondary N) is 1. The van der Waals surface area contributed by atoms with E-state index in [4.69, 9.17) is 9.47 Å². The first kappa shape index (κ1) is 22.7. The third-order valence-corrected chi connectivity index (χ3v) is 5.61. The van der Waals surface area contributed by atoms with Gasteiger partial charge in [0.15, 0.2) is 0 Å². The maximum Gasteiger partial charge on any atom is 0.262 e. The van der Waals surface area contributed by atoms with Crippen molar-refractivity contribution in [2.45, 2.75) is 13.1 Å². The monoisotopic (exact) mass is 451 g/mol. The number of methoxy groups -OCH3 is 2. The fourth-order valence-corrected chi connectivity index (χ4v) is 3.87. The van der Waals surface area contributed by atoms with Gasteiger partial charge >= 0.3 is 0 Å². The Hall–Kier alpha value is -4.50. The van der Waals surface area contributed by atoms with Crippen LogP contribution < -0.4 is 14.8 Å². The van der Waals surface area contributed by atoms with E-state index in [1.807, 2.05) is 60.8 Å². The first-order chi connectivity index (χ1) is 16.6. The van der Waals surface area contributed by atoms with Crippen molar-refractivity contribution < 1.29 is 14.3 Å². The second-order valence-corrected chi connectivity index (χ2v) is 7.75. The average molecular weight is 452 g/mol. The number of hydrogen-bond donors (Lipinski definition) is 1. The van der Waals surface area contributed by atoms with Crippen LogP contribution in [-0.2, 0) is 17.9 Å². The van der Waals surface area contributed by atoms with Gasteiger partial charge in [-0.25, -0.2) is 0 Å². The van der Waals surface area contributed by atoms with Crippen molar-refractivity contribution in [2.75, 3.05) is 14.2 Å². The maximum absolute atomic E-state index is 12.8. The molecule has 4 aromatic rings. The van der Waals surface area contributed by atoms with E-state index in [0.29, 0.717) is 18.0 Å². The zero-order chi connectivity index (χ0) is 23.9. The minimum atomic E-state index is -0.444. The molecule has 0 aliphatic rings. The number of carbonyl (C=O) groups is 1. The summed E-state index contributed by atoms with van der Waals surface area (Å²) in [5.41, 5.74) is 3.85. The summed E-state index contributed by atoms with van der Waals surface area (Å²) in [6.45, 7) is 0.918. The summed E-state index contributed by atoms with van der Waals surface area (Å²) in [6, 6.07) is 25.6. The highest BCUT2D eigenvalue weighted by atomic mass is 16.5. The third-order valence-electron chi connectivity index (χ3n) is 5.61. The zero-order valence-electron chi connectivity index (χ0n) is 19.1. The molecule has 4 rings (SSSR count). The van der Waals surface area contributed by atoms with Crippen molar-refractivity contribution in [1.29, 1.82) is 5.26 Å². The van der Waals surface area contributed by atoms with Crippen molar-refractivity contribution in [3.05, 3.63) is 101 Å². The molecule has 0 spiro atoms. The summed E-state index contributed by atoms with van der Waals surface area (Å²) in [6.07, 6.45) is 3.62. The molecular weight excluding hydrogens is 426 g/mol. The lowest BCUT2D eigenvalue weighted by atomic mass is 10.1. The number of nitrogens with zero attached hydrogens (tertiary/aromatic N) is 2. The second-order valence-electron chi connectivity index (χ2n) is 7.75. The number of para-hydroxylation sites is 1. The number of amides is 1. The van der Waals surface area contributed by atoms with Crippen LogP contribution in [0.2, 0.25) is 0 Å². The van der Waals surface area contributed by atoms with E-state index < -0.39 is 5.91 Å². The number of carbonyl (C=O) groups excluding carboxylic acids is 1. The van der Waals surface area contributed by atoms with Crippen LogP contribution >= 0.6 is 0 Å². The van der Waals surface area contributed by atoms with Crippen LogP contribution in [0.1, 0.15) is 16.7 Å². The van der Waals surface area contributed by atoms with Crippen molar-refractivity contribution in [1.82, 2.24) is 9.88 Å². The number of rotatable bonds is 8. The van der Waals surface area contributed by atoms with E-state index in [0.717, 1.165) is 22.0 Å². The Labute approximate surface area is 198 Å². The van der Waals surface area contributed by atoms with E-state index >= 15 is 0 Å². The number of hydrogen-bond acceptors (Lipinski definition) is 4. The highest BCUT2D eigenvalue weighted by molar-refractivity contribution is 6.04. The number of ether oxygens (including phenoxy) is 2. The molecule has 0 aliphatic heterocycles. The molecule has 6 heteroatoms. The van der Waals surface area contributed by atoms with Gasteiger partial charge in [0, 0.05) is 47.4 Å². The van der Waals surface area contributed by atoms with Gasteiger partial charge in [0.05, 0.1) is 14.2 Å². The normalized spacial score (nSPS) is 11.1. The minimum Gasteiger partial charge on any atom is -0.497 e. The number of fused-ring (bicyclic) bond motifs is 1. The predicted octanol–water partition coefficient (Wildman–Crippen LogP) is 4.93. The summed E-state index contributed by atoms with van der Waals surface area (Å²) in [4.78, 5) is 12.8. The summed E-state index contributed by atoms with van der Waals surface area (Å²) in [5, 5.41) is 13.5. The lowest BCUT2D eigenvalue weighted by molar-refractivity contribution is -0.117. The van der Waals surface area contributed by atoms with Crippen LogP contribution in [0.15, 0.2) is 84.6 Å². The van der Waals surface area contributed by atoms with Crippen LogP contribution in [0.3, 0.4) is 0 Å². The van der Waals surface area contributed by atoms with E-state index in [2.05, 4.69) is 22.0 Å². The van der Waals surface area contributed by atoms with Gasteiger partial charge in [-0.05, 0) is 29.8 Å². The Kier molecular flexibility index (Phi) is 6.95. The van der Waals surface area contributed by atoms with Gasteiger partial charge in [-0.2, -0.15) is 5.26 Å². The summed E-state index contributed by atoms with van der Waals surface area (Å²) >= 11 is 0. The van der Waals surface area contributed by atoms with Crippen molar-refractivity contribution >= 4 is 22.9 Å². The van der Waals surface area contributed by atoms with E-state index in [9.17, 15) is 10.1 Å². The smallest absolute Gasteiger partial charge is 0.262 e. The second kappa shape index (κ2) is 10.4. The SMILES string of the molecule is COc1ccc(CNC(=O)/C(C#N)=C/c2cn(Cc3ccccc3)c3ccccc23)c(OC)c1. The van der Waals surface area contributed by atoms with Gasteiger partial charge < -0.3 is 19.4 Å².